The van der Waals surface area contributed by atoms with Gasteiger partial charge in [-0.1, -0.05) is 0 Å². The van der Waals surface area contributed by atoms with Crippen LogP contribution >= 0.6 is 12.2 Å². The van der Waals surface area contributed by atoms with Crippen LogP contribution in [0.15, 0.2) is 48.0 Å². The topological polar surface area (TPSA) is 153 Å². The van der Waals surface area contributed by atoms with Gasteiger partial charge < -0.3 is 10.3 Å². The minimum absolute atomic E-state index is 0.132. The Morgan fingerprint density at radius 2 is 1.67 bits per heavy atom. The van der Waals surface area contributed by atoms with Gasteiger partial charge in [0.25, 0.3) is 17.3 Å². The summed E-state index contributed by atoms with van der Waals surface area (Å²) in [5.41, 5.74) is 0.449. The van der Waals surface area contributed by atoms with E-state index in [1.165, 1.54) is 60.2 Å². The highest BCUT2D eigenvalue weighted by Crippen LogP contribution is 2.22. The lowest BCUT2D eigenvalue weighted by molar-refractivity contribution is -0.385. The number of nitro groups is 2. The molecule has 1 aromatic heterocycles. The van der Waals surface area contributed by atoms with Gasteiger partial charge in [-0.25, -0.2) is 0 Å². The van der Waals surface area contributed by atoms with Gasteiger partial charge in [0, 0.05) is 36.2 Å². The van der Waals surface area contributed by atoms with Crippen molar-refractivity contribution < 1.29 is 19.4 Å². The SMILES string of the molecule is CC(=O)/C(=C/n1c(=S)[nH]c2ccc([N+](=O)[O-])cc21)C(=O)Nc1ccc([N+](=O)[O-])cc1. The minimum Gasteiger partial charge on any atom is -0.330 e. The minimum atomic E-state index is -0.766. The zero-order valence-corrected chi connectivity index (χ0v) is 16.1. The first-order chi connectivity index (χ1) is 14.2. The molecule has 1 heterocycles. The highest BCUT2D eigenvalue weighted by Gasteiger charge is 2.18. The summed E-state index contributed by atoms with van der Waals surface area (Å²) >= 11 is 5.21. The molecule has 152 valence electrons. The van der Waals surface area contributed by atoms with E-state index in [4.69, 9.17) is 12.2 Å². The molecule has 0 saturated carbocycles. The Bertz CT molecular complexity index is 1290. The number of nitro benzene ring substituents is 2. The van der Waals surface area contributed by atoms with E-state index in [9.17, 15) is 29.8 Å². The molecule has 0 saturated heterocycles. The number of amides is 1. The van der Waals surface area contributed by atoms with E-state index in [0.29, 0.717) is 11.0 Å². The van der Waals surface area contributed by atoms with E-state index in [-0.39, 0.29) is 27.4 Å². The van der Waals surface area contributed by atoms with Crippen LogP contribution in [0.25, 0.3) is 17.2 Å². The van der Waals surface area contributed by atoms with Crippen molar-refractivity contribution in [3.05, 3.63) is 73.0 Å². The summed E-state index contributed by atoms with van der Waals surface area (Å²) in [6, 6.07) is 9.11. The van der Waals surface area contributed by atoms with Crippen molar-refractivity contribution in [2.75, 3.05) is 5.32 Å². The van der Waals surface area contributed by atoms with Gasteiger partial charge in [-0.15, -0.1) is 0 Å². The smallest absolute Gasteiger partial charge is 0.271 e. The Hall–Kier alpha value is -4.19. The number of nitrogens with one attached hydrogen (secondary N) is 2. The maximum Gasteiger partial charge on any atom is 0.271 e. The van der Waals surface area contributed by atoms with E-state index in [1.807, 2.05) is 0 Å². The highest BCUT2D eigenvalue weighted by molar-refractivity contribution is 7.71. The number of ketones is 1. The molecule has 2 aromatic carbocycles. The molecular weight excluding hydrogens is 414 g/mol. The highest BCUT2D eigenvalue weighted by atomic mass is 32.1. The number of aromatic amines is 1. The number of H-pyrrole nitrogens is 1. The maximum atomic E-state index is 12.6. The average Bonchev–Trinajstić information content (AvgIpc) is 3.00. The number of imidazole rings is 1. The van der Waals surface area contributed by atoms with Gasteiger partial charge in [0.05, 0.1) is 26.5 Å². The van der Waals surface area contributed by atoms with Crippen molar-refractivity contribution in [2.45, 2.75) is 6.92 Å². The summed E-state index contributed by atoms with van der Waals surface area (Å²) in [5, 5.41) is 24.3. The van der Waals surface area contributed by atoms with Crippen molar-refractivity contribution >= 4 is 58.2 Å². The van der Waals surface area contributed by atoms with E-state index in [1.54, 1.807) is 0 Å². The first-order valence-corrected chi connectivity index (χ1v) is 8.75. The molecule has 0 unspecified atom stereocenters. The third-order valence-electron chi connectivity index (χ3n) is 4.13. The molecule has 0 atom stereocenters. The molecule has 0 radical (unpaired) electrons. The second kappa shape index (κ2) is 8.05. The summed E-state index contributed by atoms with van der Waals surface area (Å²) in [6.45, 7) is 1.18. The summed E-state index contributed by atoms with van der Waals surface area (Å²) in [6.07, 6.45) is 1.19. The second-order valence-electron chi connectivity index (χ2n) is 6.12. The van der Waals surface area contributed by atoms with Crippen LogP contribution in [0.1, 0.15) is 6.92 Å². The zero-order chi connectivity index (χ0) is 22.0. The van der Waals surface area contributed by atoms with Crippen LogP contribution in [0.3, 0.4) is 0 Å². The Balaban J connectivity index is 2.01. The number of aromatic nitrogens is 2. The van der Waals surface area contributed by atoms with Crippen LogP contribution in [0.2, 0.25) is 0 Å². The number of carbonyl (C=O) groups is 2. The van der Waals surface area contributed by atoms with Crippen LogP contribution < -0.4 is 5.32 Å². The lowest BCUT2D eigenvalue weighted by Crippen LogP contribution is -2.19. The Labute approximate surface area is 172 Å². The molecule has 3 rings (SSSR count). The van der Waals surface area contributed by atoms with Crippen molar-refractivity contribution in [1.82, 2.24) is 9.55 Å². The number of hydrogen-bond acceptors (Lipinski definition) is 7. The number of non-ortho nitro benzene ring substituents is 2. The Morgan fingerprint density at radius 1 is 1.07 bits per heavy atom. The molecular formula is C18H13N5O6S. The van der Waals surface area contributed by atoms with Gasteiger partial charge >= 0.3 is 0 Å². The number of fused-ring (bicyclic) bond motifs is 1. The van der Waals surface area contributed by atoms with E-state index in [0.717, 1.165) is 0 Å². The number of nitrogens with zero attached hydrogens (tertiary/aromatic N) is 3. The van der Waals surface area contributed by atoms with Gasteiger partial charge in [-0.2, -0.15) is 0 Å². The fraction of sp³-hybridized carbons (Fsp3) is 0.0556. The fourth-order valence-electron chi connectivity index (χ4n) is 2.66. The number of carbonyl (C=O) groups excluding carboxylic acids is 2. The predicted molar refractivity (Wildman–Crippen MR) is 110 cm³/mol. The van der Waals surface area contributed by atoms with Crippen molar-refractivity contribution in [2.24, 2.45) is 0 Å². The van der Waals surface area contributed by atoms with Crippen molar-refractivity contribution in [1.29, 1.82) is 0 Å². The van der Waals surface area contributed by atoms with Gasteiger partial charge in [0.15, 0.2) is 10.6 Å². The average molecular weight is 427 g/mol. The van der Waals surface area contributed by atoms with Crippen molar-refractivity contribution in [3.8, 4) is 0 Å². The Kier molecular flexibility index (Phi) is 5.51. The molecule has 12 heteroatoms. The van der Waals surface area contributed by atoms with Crippen LogP contribution in [-0.2, 0) is 9.59 Å². The van der Waals surface area contributed by atoms with Crippen LogP contribution in [-0.4, -0.2) is 31.1 Å². The fourth-order valence-corrected chi connectivity index (χ4v) is 2.92. The van der Waals surface area contributed by atoms with Crippen LogP contribution in [0.4, 0.5) is 17.1 Å². The molecule has 2 N–H and O–H groups in total. The lowest BCUT2D eigenvalue weighted by atomic mass is 10.1. The van der Waals surface area contributed by atoms with Gasteiger partial charge in [-0.3, -0.25) is 34.4 Å². The molecule has 0 fully saturated rings. The number of rotatable bonds is 6. The zero-order valence-electron chi connectivity index (χ0n) is 15.3. The molecule has 3 aromatic rings. The Morgan fingerprint density at radius 3 is 2.23 bits per heavy atom. The van der Waals surface area contributed by atoms with E-state index in [2.05, 4.69) is 10.3 Å². The number of anilines is 1. The third-order valence-corrected chi connectivity index (χ3v) is 4.43. The largest absolute Gasteiger partial charge is 0.330 e. The van der Waals surface area contributed by atoms with Crippen molar-refractivity contribution in [3.63, 3.8) is 0 Å². The van der Waals surface area contributed by atoms with Gasteiger partial charge in [0.1, 0.15) is 0 Å². The lowest BCUT2D eigenvalue weighted by Gasteiger charge is -2.07. The quantitative estimate of drug-likeness (QED) is 0.152. The van der Waals surface area contributed by atoms with Crippen LogP contribution in [0, 0.1) is 25.0 Å². The van der Waals surface area contributed by atoms with Gasteiger partial charge in [0.2, 0.25) is 0 Å². The normalized spacial score (nSPS) is 11.3. The van der Waals surface area contributed by atoms with Gasteiger partial charge in [-0.05, 0) is 37.3 Å². The molecule has 0 aliphatic carbocycles. The first-order valence-electron chi connectivity index (χ1n) is 8.34. The third kappa shape index (κ3) is 4.12. The van der Waals surface area contributed by atoms with E-state index >= 15 is 0 Å². The number of benzene rings is 2. The molecule has 11 nitrogen and oxygen atoms in total. The summed E-state index contributed by atoms with van der Waals surface area (Å²) < 4.78 is 1.43. The molecule has 0 aliphatic rings. The second-order valence-corrected chi connectivity index (χ2v) is 6.50. The monoisotopic (exact) mass is 427 g/mol. The number of hydrogen-bond donors (Lipinski definition) is 2. The predicted octanol–water partition coefficient (Wildman–Crippen LogP) is 3.58. The molecule has 0 bridgehead atoms. The van der Waals surface area contributed by atoms with Crippen LogP contribution in [0.5, 0.6) is 0 Å². The summed E-state index contributed by atoms with van der Waals surface area (Å²) in [5.74, 6) is -1.34. The molecule has 1 amide bonds. The first kappa shape index (κ1) is 20.5. The standard InChI is InChI=1S/C18H13N5O6S/c1-10(24)14(17(25)19-11-2-4-12(5-3-11)22(26)27)9-21-16-8-13(23(28)29)6-7-15(16)20-18(21)30/h2-9H,1H3,(H,19,25)(H,20,30)/b14-9-. The summed E-state index contributed by atoms with van der Waals surface area (Å²) in [7, 11) is 0. The molecule has 0 spiro atoms. The maximum absolute atomic E-state index is 12.6. The molecule has 30 heavy (non-hydrogen) atoms. The van der Waals surface area contributed by atoms with E-state index < -0.39 is 21.5 Å². The number of Topliss-reactive ketones (excluding diaryl/α,β-unsaturated/α-hetero) is 1. The summed E-state index contributed by atoms with van der Waals surface area (Å²) in [4.78, 5) is 48.2. The molecule has 0 aliphatic heterocycles.